The standard InChI is InChI=1S/C14H17N3O3/c1-4-17-6-5-15-13(14(17)18)16-10-7-11(19-2)9-12(8-10)20-3/h5-9H,4H2,1-3H3,(H,15,16). The second-order valence-electron chi connectivity index (χ2n) is 4.09. The van der Waals surface area contributed by atoms with Crippen LogP contribution in [0, 0.1) is 0 Å². The van der Waals surface area contributed by atoms with Gasteiger partial charge in [-0.05, 0) is 6.92 Å². The van der Waals surface area contributed by atoms with Crippen molar-refractivity contribution in [1.29, 1.82) is 0 Å². The van der Waals surface area contributed by atoms with Crippen LogP contribution in [0.2, 0.25) is 0 Å². The molecular weight excluding hydrogens is 258 g/mol. The fourth-order valence-corrected chi connectivity index (χ4v) is 1.80. The Balaban J connectivity index is 2.37. The summed E-state index contributed by atoms with van der Waals surface area (Å²) in [5.74, 6) is 1.54. The van der Waals surface area contributed by atoms with E-state index in [2.05, 4.69) is 10.3 Å². The molecule has 6 heteroatoms. The molecule has 0 bridgehead atoms. The Labute approximate surface area is 117 Å². The molecule has 1 aromatic heterocycles. The number of hydrogen-bond acceptors (Lipinski definition) is 5. The van der Waals surface area contributed by atoms with Gasteiger partial charge < -0.3 is 19.4 Å². The first-order chi connectivity index (χ1) is 9.67. The number of nitrogens with zero attached hydrogens (tertiary/aromatic N) is 2. The Kier molecular flexibility index (Phi) is 4.24. The maximum absolute atomic E-state index is 12.1. The zero-order valence-corrected chi connectivity index (χ0v) is 11.7. The molecule has 0 fully saturated rings. The summed E-state index contributed by atoms with van der Waals surface area (Å²) in [5.41, 5.74) is 0.511. The van der Waals surface area contributed by atoms with Crippen LogP contribution in [0.3, 0.4) is 0 Å². The Morgan fingerprint density at radius 3 is 2.40 bits per heavy atom. The van der Waals surface area contributed by atoms with Gasteiger partial charge in [-0.25, -0.2) is 4.98 Å². The zero-order chi connectivity index (χ0) is 14.5. The summed E-state index contributed by atoms with van der Waals surface area (Å²) in [6, 6.07) is 5.30. The van der Waals surface area contributed by atoms with Crippen molar-refractivity contribution in [2.45, 2.75) is 13.5 Å². The normalized spacial score (nSPS) is 10.2. The third kappa shape index (κ3) is 2.90. The number of ether oxygens (including phenoxy) is 2. The second kappa shape index (κ2) is 6.10. The number of methoxy groups -OCH3 is 2. The van der Waals surface area contributed by atoms with E-state index in [-0.39, 0.29) is 11.4 Å². The van der Waals surface area contributed by atoms with Crippen LogP contribution in [-0.4, -0.2) is 23.8 Å². The van der Waals surface area contributed by atoms with Crippen LogP contribution < -0.4 is 20.3 Å². The number of rotatable bonds is 5. The molecule has 106 valence electrons. The van der Waals surface area contributed by atoms with Crippen molar-refractivity contribution >= 4 is 11.5 Å². The lowest BCUT2D eigenvalue weighted by molar-refractivity contribution is 0.395. The molecule has 0 saturated carbocycles. The number of anilines is 2. The largest absolute Gasteiger partial charge is 0.497 e. The van der Waals surface area contributed by atoms with Gasteiger partial charge in [-0.15, -0.1) is 0 Å². The van der Waals surface area contributed by atoms with E-state index in [9.17, 15) is 4.79 Å². The quantitative estimate of drug-likeness (QED) is 0.904. The van der Waals surface area contributed by atoms with Gasteiger partial charge in [0.2, 0.25) is 0 Å². The highest BCUT2D eigenvalue weighted by Gasteiger charge is 2.07. The molecule has 1 N–H and O–H groups in total. The second-order valence-corrected chi connectivity index (χ2v) is 4.09. The molecule has 1 aromatic carbocycles. The molecule has 0 radical (unpaired) electrons. The maximum Gasteiger partial charge on any atom is 0.293 e. The van der Waals surface area contributed by atoms with Gasteiger partial charge in [-0.2, -0.15) is 0 Å². The minimum absolute atomic E-state index is 0.170. The molecule has 2 rings (SSSR count). The lowest BCUT2D eigenvalue weighted by atomic mass is 10.2. The van der Waals surface area contributed by atoms with Gasteiger partial charge in [0, 0.05) is 42.8 Å². The molecular formula is C14H17N3O3. The van der Waals surface area contributed by atoms with Crippen LogP contribution in [0.25, 0.3) is 0 Å². The fraction of sp³-hybridized carbons (Fsp3) is 0.286. The van der Waals surface area contributed by atoms with Gasteiger partial charge in [0.1, 0.15) is 11.5 Å². The Bertz CT molecular complexity index is 630. The average molecular weight is 275 g/mol. The molecule has 6 nitrogen and oxygen atoms in total. The molecule has 0 aliphatic heterocycles. The van der Waals surface area contributed by atoms with Crippen LogP contribution in [0.5, 0.6) is 11.5 Å². The fourth-order valence-electron chi connectivity index (χ4n) is 1.80. The Hall–Kier alpha value is -2.50. The molecule has 0 saturated heterocycles. The molecule has 0 aliphatic carbocycles. The van der Waals surface area contributed by atoms with Crippen molar-refractivity contribution in [1.82, 2.24) is 9.55 Å². The van der Waals surface area contributed by atoms with Gasteiger partial charge in [0.05, 0.1) is 14.2 Å². The minimum atomic E-state index is -0.170. The van der Waals surface area contributed by atoms with Crippen LogP contribution >= 0.6 is 0 Å². The third-order valence-electron chi connectivity index (χ3n) is 2.87. The van der Waals surface area contributed by atoms with E-state index in [1.54, 1.807) is 49.4 Å². The lowest BCUT2D eigenvalue weighted by Gasteiger charge is -2.10. The van der Waals surface area contributed by atoms with Crippen LogP contribution in [-0.2, 0) is 6.54 Å². The van der Waals surface area contributed by atoms with Crippen LogP contribution in [0.1, 0.15) is 6.92 Å². The van der Waals surface area contributed by atoms with Crippen molar-refractivity contribution in [3.8, 4) is 11.5 Å². The van der Waals surface area contributed by atoms with Crippen molar-refractivity contribution in [3.63, 3.8) is 0 Å². The number of aryl methyl sites for hydroxylation is 1. The van der Waals surface area contributed by atoms with E-state index in [1.165, 1.54) is 0 Å². The number of aromatic nitrogens is 2. The van der Waals surface area contributed by atoms with E-state index in [0.717, 1.165) is 0 Å². The van der Waals surface area contributed by atoms with Gasteiger partial charge in [0.15, 0.2) is 5.82 Å². The Morgan fingerprint density at radius 2 is 1.85 bits per heavy atom. The third-order valence-corrected chi connectivity index (χ3v) is 2.87. The van der Waals surface area contributed by atoms with Crippen LogP contribution in [0.15, 0.2) is 35.4 Å². The highest BCUT2D eigenvalue weighted by atomic mass is 16.5. The zero-order valence-electron chi connectivity index (χ0n) is 11.7. The SMILES string of the molecule is CCn1ccnc(Nc2cc(OC)cc(OC)c2)c1=O. The van der Waals surface area contributed by atoms with Gasteiger partial charge >= 0.3 is 0 Å². The molecule has 0 spiro atoms. The number of nitrogens with one attached hydrogen (secondary N) is 1. The smallest absolute Gasteiger partial charge is 0.293 e. The first kappa shape index (κ1) is 13.9. The van der Waals surface area contributed by atoms with Gasteiger partial charge in [-0.3, -0.25) is 4.79 Å². The van der Waals surface area contributed by atoms with Crippen molar-refractivity contribution < 1.29 is 9.47 Å². The van der Waals surface area contributed by atoms with E-state index in [4.69, 9.17) is 9.47 Å². The van der Waals surface area contributed by atoms with E-state index >= 15 is 0 Å². The molecule has 2 aromatic rings. The summed E-state index contributed by atoms with van der Waals surface area (Å²) in [6.45, 7) is 2.50. The van der Waals surface area contributed by atoms with Crippen molar-refractivity contribution in [2.75, 3.05) is 19.5 Å². The number of hydrogen-bond donors (Lipinski definition) is 1. The molecule has 20 heavy (non-hydrogen) atoms. The van der Waals surface area contributed by atoms with Crippen LogP contribution in [0.4, 0.5) is 11.5 Å². The summed E-state index contributed by atoms with van der Waals surface area (Å²) in [6.07, 6.45) is 3.24. The minimum Gasteiger partial charge on any atom is -0.497 e. The summed E-state index contributed by atoms with van der Waals surface area (Å²) >= 11 is 0. The topological polar surface area (TPSA) is 65.4 Å². The number of benzene rings is 1. The molecule has 0 atom stereocenters. The highest BCUT2D eigenvalue weighted by molar-refractivity contribution is 5.60. The molecule has 1 heterocycles. The summed E-state index contributed by atoms with van der Waals surface area (Å²) in [7, 11) is 3.15. The van der Waals surface area contributed by atoms with E-state index in [1.807, 2.05) is 6.92 Å². The first-order valence-corrected chi connectivity index (χ1v) is 6.23. The molecule has 0 unspecified atom stereocenters. The van der Waals surface area contributed by atoms with Crippen molar-refractivity contribution in [3.05, 3.63) is 40.9 Å². The van der Waals surface area contributed by atoms with Gasteiger partial charge in [0.25, 0.3) is 5.56 Å². The monoisotopic (exact) mass is 275 g/mol. The van der Waals surface area contributed by atoms with Gasteiger partial charge in [-0.1, -0.05) is 0 Å². The molecule has 0 amide bonds. The summed E-state index contributed by atoms with van der Waals surface area (Å²) in [5, 5.41) is 2.99. The first-order valence-electron chi connectivity index (χ1n) is 6.23. The predicted octanol–water partition coefficient (Wildman–Crippen LogP) is 2.02. The summed E-state index contributed by atoms with van der Waals surface area (Å²) < 4.78 is 11.9. The average Bonchev–Trinajstić information content (AvgIpc) is 2.49. The van der Waals surface area contributed by atoms with E-state index in [0.29, 0.717) is 23.7 Å². The van der Waals surface area contributed by atoms with E-state index < -0.39 is 0 Å². The summed E-state index contributed by atoms with van der Waals surface area (Å²) in [4.78, 5) is 16.2. The Morgan fingerprint density at radius 1 is 1.20 bits per heavy atom. The highest BCUT2D eigenvalue weighted by Crippen LogP contribution is 2.26. The predicted molar refractivity (Wildman–Crippen MR) is 77.0 cm³/mol. The maximum atomic E-state index is 12.1. The molecule has 0 aliphatic rings. The lowest BCUT2D eigenvalue weighted by Crippen LogP contribution is -2.22. The van der Waals surface area contributed by atoms with Crippen molar-refractivity contribution in [2.24, 2.45) is 0 Å².